The van der Waals surface area contributed by atoms with Crippen molar-refractivity contribution in [1.29, 1.82) is 0 Å². The molecule has 0 aromatic carbocycles. The molecule has 8 amide bonds. The molecule has 2 aliphatic heterocycles. The first-order chi connectivity index (χ1) is 23.9. The Bertz CT molecular complexity index is 1290. The quantitative estimate of drug-likeness (QED) is 0.0794. The van der Waals surface area contributed by atoms with Gasteiger partial charge in [-0.25, -0.2) is 0 Å². The Balaban J connectivity index is 2.25. The van der Waals surface area contributed by atoms with Gasteiger partial charge in [-0.05, 0) is 31.2 Å². The average molecular weight is 760 g/mol. The van der Waals surface area contributed by atoms with Gasteiger partial charge in [0.15, 0.2) is 0 Å². The van der Waals surface area contributed by atoms with Crippen LogP contribution in [-0.2, 0) is 38.4 Å². The number of carbonyl (C=O) groups excluding carboxylic acids is 8. The molecule has 0 aromatic heterocycles. The van der Waals surface area contributed by atoms with Gasteiger partial charge >= 0.3 is 0 Å². The second kappa shape index (κ2) is 21.0. The van der Waals surface area contributed by atoms with Gasteiger partial charge in [0.1, 0.15) is 24.2 Å². The van der Waals surface area contributed by atoms with Crippen LogP contribution in [0.5, 0.6) is 0 Å². The van der Waals surface area contributed by atoms with Crippen molar-refractivity contribution >= 4 is 68.8 Å². The summed E-state index contributed by atoms with van der Waals surface area (Å²) >= 11 is 0. The van der Waals surface area contributed by atoms with Crippen LogP contribution in [0.4, 0.5) is 0 Å². The molecule has 18 nitrogen and oxygen atoms in total. The number of likely N-dealkylation sites (tertiary alicyclic amines) is 1. The molecule has 0 spiro atoms. The maximum absolute atomic E-state index is 13.7. The standard InChI is InChI=1S/C31H53N9O9S2/c1-6-16(4)26(31(49)38-25(15(2)3)27(33)45)39-30(48)21-8-7-9-40(21)12-22(42)19-13-50-51-14-20(35-17(5)41)28(46)34-11-24(44)36-18(10-23(32)43)29(47)37-19/h15-16,18-22,25-26,42H,6-14H2,1-5H3,(H2,32,43)(H2,33,45)(H,34,46)(H,35,41)(H,36,44)(H,37,47)(H,38,49)(H,39,48)/t16-,18-,19-,20-,21?,22+,25-,26?/m0/s1. The summed E-state index contributed by atoms with van der Waals surface area (Å²) in [5.74, 6) is -5.54. The van der Waals surface area contributed by atoms with Gasteiger partial charge in [-0.2, -0.15) is 0 Å². The summed E-state index contributed by atoms with van der Waals surface area (Å²) in [5, 5.41) is 27.0. The third kappa shape index (κ3) is 14.1. The van der Waals surface area contributed by atoms with Gasteiger partial charge in [0.05, 0.1) is 31.2 Å². The topological polar surface area (TPSA) is 284 Å². The molecule has 0 aliphatic carbocycles. The lowest BCUT2D eigenvalue weighted by molar-refractivity contribution is -0.134. The fraction of sp³-hybridized carbons (Fsp3) is 0.742. The molecule has 11 N–H and O–H groups in total. The molecular formula is C31H53N9O9S2. The first kappa shape index (κ1) is 43.5. The van der Waals surface area contributed by atoms with E-state index < -0.39 is 103 Å². The van der Waals surface area contributed by atoms with Crippen molar-refractivity contribution in [2.75, 3.05) is 31.1 Å². The van der Waals surface area contributed by atoms with E-state index in [0.717, 1.165) is 0 Å². The summed E-state index contributed by atoms with van der Waals surface area (Å²) in [7, 11) is 2.41. The first-order valence-corrected chi connectivity index (χ1v) is 19.4. The van der Waals surface area contributed by atoms with E-state index in [2.05, 4.69) is 31.9 Å². The molecule has 0 bridgehead atoms. The molecule has 2 rings (SSSR count). The lowest BCUT2D eigenvalue weighted by atomic mass is 9.96. The summed E-state index contributed by atoms with van der Waals surface area (Å²) in [6.07, 6.45) is -0.202. The van der Waals surface area contributed by atoms with Crippen LogP contribution in [0.3, 0.4) is 0 Å². The van der Waals surface area contributed by atoms with Gasteiger partial charge in [0.2, 0.25) is 47.3 Å². The van der Waals surface area contributed by atoms with Gasteiger partial charge in [-0.15, -0.1) is 0 Å². The lowest BCUT2D eigenvalue weighted by Gasteiger charge is -2.33. The Morgan fingerprint density at radius 2 is 1.65 bits per heavy atom. The largest absolute Gasteiger partial charge is 0.390 e. The molecule has 2 unspecified atom stereocenters. The second-order valence-electron chi connectivity index (χ2n) is 13.2. The maximum Gasteiger partial charge on any atom is 0.243 e. The SMILES string of the molecule is CC[C@H](C)C(NC(=O)C1CCCN1C[C@@H](O)[C@@H]1CSSC[C@H](NC(C)=O)C(=O)NCC(=O)N[C@@H](CC(N)=O)C(=O)N1)C(=O)N[C@H](C(N)=O)C(C)C. The number of hydrogen-bond acceptors (Lipinski definition) is 12. The molecule has 2 heterocycles. The van der Waals surface area contributed by atoms with Gasteiger partial charge in [0.25, 0.3) is 0 Å². The van der Waals surface area contributed by atoms with Crippen LogP contribution in [0.1, 0.15) is 60.3 Å². The van der Waals surface area contributed by atoms with Crippen LogP contribution in [0, 0.1) is 11.8 Å². The monoisotopic (exact) mass is 759 g/mol. The highest BCUT2D eigenvalue weighted by Crippen LogP contribution is 2.25. The number of nitrogens with one attached hydrogen (secondary N) is 6. The van der Waals surface area contributed by atoms with Gasteiger partial charge < -0.3 is 48.5 Å². The molecule has 2 aliphatic rings. The highest BCUT2D eigenvalue weighted by atomic mass is 33.1. The summed E-state index contributed by atoms with van der Waals surface area (Å²) in [6, 6.07) is -5.94. The normalized spacial score (nSPS) is 24.8. The van der Waals surface area contributed by atoms with Crippen LogP contribution in [0.25, 0.3) is 0 Å². The molecule has 2 fully saturated rings. The zero-order valence-electron chi connectivity index (χ0n) is 29.7. The number of hydrogen-bond donors (Lipinski definition) is 9. The van der Waals surface area contributed by atoms with Crippen LogP contribution in [0.15, 0.2) is 0 Å². The molecule has 288 valence electrons. The number of nitrogens with zero attached hydrogens (tertiary/aromatic N) is 1. The van der Waals surface area contributed by atoms with Gasteiger partial charge in [-0.1, -0.05) is 55.7 Å². The molecule has 51 heavy (non-hydrogen) atoms. The number of β-amino-alcohol motifs (C(OH)–C–C–N with tert-alkyl or cyclic N) is 1. The maximum atomic E-state index is 13.7. The number of amides is 8. The molecule has 8 atom stereocenters. The lowest BCUT2D eigenvalue weighted by Crippen LogP contribution is -2.59. The number of rotatable bonds is 14. The summed E-state index contributed by atoms with van der Waals surface area (Å²) in [5.41, 5.74) is 10.8. The van der Waals surface area contributed by atoms with E-state index in [9.17, 15) is 43.5 Å². The van der Waals surface area contributed by atoms with Crippen molar-refractivity contribution in [3.63, 3.8) is 0 Å². The van der Waals surface area contributed by atoms with Crippen molar-refractivity contribution in [3.05, 3.63) is 0 Å². The third-order valence-electron chi connectivity index (χ3n) is 8.68. The van der Waals surface area contributed by atoms with Crippen LogP contribution < -0.4 is 43.4 Å². The Labute approximate surface area is 305 Å². The van der Waals surface area contributed by atoms with E-state index in [0.29, 0.717) is 25.8 Å². The Hall–Kier alpha value is -3.62. The van der Waals surface area contributed by atoms with E-state index in [1.165, 1.54) is 28.5 Å². The van der Waals surface area contributed by atoms with Crippen molar-refractivity contribution in [1.82, 2.24) is 36.8 Å². The minimum absolute atomic E-state index is 0.0602. The molecule has 2 saturated heterocycles. The van der Waals surface area contributed by atoms with Gasteiger partial charge in [-0.3, -0.25) is 43.3 Å². The van der Waals surface area contributed by atoms with E-state index in [1.807, 2.05) is 6.92 Å². The zero-order valence-corrected chi connectivity index (χ0v) is 31.3. The Morgan fingerprint density at radius 3 is 2.24 bits per heavy atom. The number of aliphatic hydroxyl groups excluding tert-OH is 1. The molecule has 0 aromatic rings. The molecule has 0 saturated carbocycles. The van der Waals surface area contributed by atoms with E-state index in [1.54, 1.807) is 25.7 Å². The minimum Gasteiger partial charge on any atom is -0.390 e. The van der Waals surface area contributed by atoms with E-state index >= 15 is 0 Å². The Morgan fingerprint density at radius 1 is 0.980 bits per heavy atom. The second-order valence-corrected chi connectivity index (χ2v) is 15.7. The smallest absolute Gasteiger partial charge is 0.243 e. The number of primary amides is 2. The Kier molecular flexibility index (Phi) is 18.0. The fourth-order valence-electron chi connectivity index (χ4n) is 5.61. The molecular weight excluding hydrogens is 707 g/mol. The van der Waals surface area contributed by atoms with Gasteiger partial charge in [0, 0.05) is 25.0 Å². The van der Waals surface area contributed by atoms with Crippen LogP contribution >= 0.6 is 21.6 Å². The average Bonchev–Trinajstić information content (AvgIpc) is 3.51. The van der Waals surface area contributed by atoms with Crippen molar-refractivity contribution in [2.45, 2.75) is 103 Å². The van der Waals surface area contributed by atoms with E-state index in [4.69, 9.17) is 11.5 Å². The predicted molar refractivity (Wildman–Crippen MR) is 191 cm³/mol. The number of nitrogens with two attached hydrogens (primary N) is 2. The summed E-state index contributed by atoms with van der Waals surface area (Å²) < 4.78 is 0. The number of carbonyl (C=O) groups is 8. The summed E-state index contributed by atoms with van der Waals surface area (Å²) in [4.78, 5) is 103. The molecule has 0 radical (unpaired) electrons. The fourth-order valence-corrected chi connectivity index (χ4v) is 8.06. The van der Waals surface area contributed by atoms with Crippen molar-refractivity contribution in [2.24, 2.45) is 23.3 Å². The third-order valence-corrected chi connectivity index (χ3v) is 11.1. The van der Waals surface area contributed by atoms with E-state index in [-0.39, 0.29) is 29.9 Å². The minimum atomic E-state index is -1.41. The van der Waals surface area contributed by atoms with Crippen molar-refractivity contribution < 1.29 is 43.5 Å². The zero-order chi connectivity index (χ0) is 38.4. The van der Waals surface area contributed by atoms with Crippen LogP contribution in [-0.4, -0.2) is 131 Å². The number of aliphatic hydroxyl groups is 1. The molecule has 20 heteroatoms. The van der Waals surface area contributed by atoms with Crippen molar-refractivity contribution in [3.8, 4) is 0 Å². The highest BCUT2D eigenvalue weighted by molar-refractivity contribution is 8.76. The first-order valence-electron chi connectivity index (χ1n) is 16.9. The predicted octanol–water partition coefficient (Wildman–Crippen LogP) is -3.17. The summed E-state index contributed by atoms with van der Waals surface area (Å²) in [6.45, 7) is 8.24. The highest BCUT2D eigenvalue weighted by Gasteiger charge is 2.38. The van der Waals surface area contributed by atoms with Crippen LogP contribution in [0.2, 0.25) is 0 Å².